The summed E-state index contributed by atoms with van der Waals surface area (Å²) in [6.45, 7) is 2.08. The van der Waals surface area contributed by atoms with Crippen LogP contribution in [-0.2, 0) is 0 Å². The highest BCUT2D eigenvalue weighted by Gasteiger charge is 2.38. The second-order valence-corrected chi connectivity index (χ2v) is 5.15. The minimum atomic E-state index is -4.67. The van der Waals surface area contributed by atoms with Crippen molar-refractivity contribution < 1.29 is 23.0 Å². The molecule has 9 heteroatoms. The van der Waals surface area contributed by atoms with Gasteiger partial charge in [0, 0.05) is 18.5 Å². The summed E-state index contributed by atoms with van der Waals surface area (Å²) < 4.78 is 42.6. The standard InChI is InChI=1S/C15H20F3N3O2.HI/c1-2-19-14(20-9-13(22)15(16,17)18)21-11-7-8-23-12-6-4-3-5-10(11)12;/h3-6,11,13,22H,2,7-9H2,1H3,(H2,19,20,21);1H. The lowest BCUT2D eigenvalue weighted by molar-refractivity contribution is -0.199. The molecule has 0 bridgehead atoms. The summed E-state index contributed by atoms with van der Waals surface area (Å²) >= 11 is 0. The second-order valence-electron chi connectivity index (χ2n) is 5.15. The van der Waals surface area contributed by atoms with Gasteiger partial charge < -0.3 is 20.5 Å². The van der Waals surface area contributed by atoms with Crippen molar-refractivity contribution in [3.8, 4) is 5.75 Å². The van der Waals surface area contributed by atoms with Crippen molar-refractivity contribution in [3.63, 3.8) is 0 Å². The molecular formula is C15H21F3IN3O2. The van der Waals surface area contributed by atoms with Crippen molar-refractivity contribution in [2.75, 3.05) is 19.7 Å². The average Bonchev–Trinajstić information content (AvgIpc) is 2.52. The van der Waals surface area contributed by atoms with Gasteiger partial charge in [0.25, 0.3) is 0 Å². The molecule has 2 rings (SSSR count). The van der Waals surface area contributed by atoms with Crippen LogP contribution < -0.4 is 15.4 Å². The lowest BCUT2D eigenvalue weighted by Crippen LogP contribution is -2.42. The number of para-hydroxylation sites is 1. The first-order chi connectivity index (χ1) is 10.9. The van der Waals surface area contributed by atoms with Gasteiger partial charge in [0.05, 0.1) is 19.2 Å². The molecule has 0 saturated heterocycles. The van der Waals surface area contributed by atoms with Gasteiger partial charge in [-0.3, -0.25) is 4.99 Å². The summed E-state index contributed by atoms with van der Waals surface area (Å²) in [5, 5.41) is 15.0. The normalized spacial score (nSPS) is 18.7. The number of nitrogens with zero attached hydrogens (tertiary/aromatic N) is 1. The van der Waals surface area contributed by atoms with Crippen molar-refractivity contribution >= 4 is 29.9 Å². The maximum atomic E-state index is 12.4. The highest BCUT2D eigenvalue weighted by Crippen LogP contribution is 2.31. The number of aliphatic imine (C=N–C) groups is 1. The summed E-state index contributed by atoms with van der Waals surface area (Å²) in [7, 11) is 0. The predicted molar refractivity (Wildman–Crippen MR) is 95.9 cm³/mol. The van der Waals surface area contributed by atoms with Gasteiger partial charge in [-0.05, 0) is 13.0 Å². The van der Waals surface area contributed by atoms with E-state index in [0.717, 1.165) is 11.3 Å². The summed E-state index contributed by atoms with van der Waals surface area (Å²) in [6, 6.07) is 7.38. The van der Waals surface area contributed by atoms with Crippen LogP contribution in [0.2, 0.25) is 0 Å². The summed E-state index contributed by atoms with van der Waals surface area (Å²) in [4.78, 5) is 3.83. The number of benzene rings is 1. The van der Waals surface area contributed by atoms with Crippen molar-refractivity contribution in [2.24, 2.45) is 4.99 Å². The van der Waals surface area contributed by atoms with E-state index in [1.54, 1.807) is 0 Å². The van der Waals surface area contributed by atoms with Crippen LogP contribution in [-0.4, -0.2) is 43.0 Å². The number of hydrogen-bond donors (Lipinski definition) is 3. The molecule has 0 saturated carbocycles. The van der Waals surface area contributed by atoms with Gasteiger partial charge in [0.1, 0.15) is 5.75 Å². The Morgan fingerprint density at radius 3 is 2.79 bits per heavy atom. The fourth-order valence-corrected chi connectivity index (χ4v) is 2.26. The smallest absolute Gasteiger partial charge is 0.416 e. The zero-order chi connectivity index (χ0) is 16.9. The lowest BCUT2D eigenvalue weighted by atomic mass is 10.0. The van der Waals surface area contributed by atoms with Gasteiger partial charge in [-0.2, -0.15) is 13.2 Å². The van der Waals surface area contributed by atoms with Gasteiger partial charge in [-0.1, -0.05) is 18.2 Å². The van der Waals surface area contributed by atoms with Crippen molar-refractivity contribution in [1.29, 1.82) is 0 Å². The fourth-order valence-electron chi connectivity index (χ4n) is 2.26. The molecule has 2 unspecified atom stereocenters. The van der Waals surface area contributed by atoms with Crippen LogP contribution in [0, 0.1) is 0 Å². The third-order valence-corrected chi connectivity index (χ3v) is 3.41. The molecule has 2 atom stereocenters. The molecule has 0 spiro atoms. The molecule has 0 aliphatic carbocycles. The summed E-state index contributed by atoms with van der Waals surface area (Å²) in [6.07, 6.45) is -6.48. The Bertz CT molecular complexity index is 555. The molecule has 0 fully saturated rings. The number of rotatable bonds is 4. The molecule has 0 aromatic heterocycles. The number of hydrogen-bond acceptors (Lipinski definition) is 3. The van der Waals surface area contributed by atoms with E-state index in [1.807, 2.05) is 31.2 Å². The zero-order valence-electron chi connectivity index (χ0n) is 13.1. The molecule has 1 aliphatic heterocycles. The van der Waals surface area contributed by atoms with E-state index < -0.39 is 18.8 Å². The molecule has 24 heavy (non-hydrogen) atoms. The second kappa shape index (κ2) is 9.30. The molecule has 5 nitrogen and oxygen atoms in total. The first-order valence-electron chi connectivity index (χ1n) is 7.43. The Balaban J connectivity index is 0.00000288. The molecular weight excluding hydrogens is 438 g/mol. The lowest BCUT2D eigenvalue weighted by Gasteiger charge is -2.28. The summed E-state index contributed by atoms with van der Waals surface area (Å²) in [5.41, 5.74) is 0.931. The van der Waals surface area contributed by atoms with E-state index in [1.165, 1.54) is 0 Å². The molecule has 1 aromatic carbocycles. The van der Waals surface area contributed by atoms with Crippen LogP contribution in [0.4, 0.5) is 13.2 Å². The van der Waals surface area contributed by atoms with Crippen LogP contribution in [0.25, 0.3) is 0 Å². The van der Waals surface area contributed by atoms with Crippen molar-refractivity contribution in [1.82, 2.24) is 10.6 Å². The predicted octanol–water partition coefficient (Wildman–Crippen LogP) is 2.61. The fraction of sp³-hybridized carbons (Fsp3) is 0.533. The Labute approximate surface area is 155 Å². The Morgan fingerprint density at radius 1 is 1.42 bits per heavy atom. The highest BCUT2D eigenvalue weighted by atomic mass is 127. The number of guanidine groups is 1. The Morgan fingerprint density at radius 2 is 2.12 bits per heavy atom. The van der Waals surface area contributed by atoms with Gasteiger partial charge >= 0.3 is 6.18 Å². The minimum absolute atomic E-state index is 0. The number of aliphatic hydroxyl groups excluding tert-OH is 1. The number of aliphatic hydroxyl groups is 1. The van der Waals surface area contributed by atoms with E-state index in [0.29, 0.717) is 19.6 Å². The molecule has 1 heterocycles. The van der Waals surface area contributed by atoms with Gasteiger partial charge in [0.2, 0.25) is 0 Å². The quantitative estimate of drug-likeness (QED) is 0.368. The third kappa shape index (κ3) is 5.69. The molecule has 1 aromatic rings. The first-order valence-corrected chi connectivity index (χ1v) is 7.43. The number of alkyl halides is 3. The molecule has 0 amide bonds. The minimum Gasteiger partial charge on any atom is -0.493 e. The first kappa shape index (κ1) is 20.8. The molecule has 1 aliphatic rings. The van der Waals surface area contributed by atoms with Crippen LogP contribution in [0.3, 0.4) is 0 Å². The largest absolute Gasteiger partial charge is 0.493 e. The molecule has 0 radical (unpaired) electrons. The zero-order valence-corrected chi connectivity index (χ0v) is 15.5. The SMILES string of the molecule is CCNC(=NCC(O)C(F)(F)F)NC1CCOc2ccccc21.I. The van der Waals surface area contributed by atoms with Crippen molar-refractivity contribution in [2.45, 2.75) is 31.7 Å². The molecule has 136 valence electrons. The van der Waals surface area contributed by atoms with Gasteiger partial charge in [0.15, 0.2) is 12.1 Å². The number of ether oxygens (including phenoxy) is 1. The highest BCUT2D eigenvalue weighted by molar-refractivity contribution is 14.0. The maximum Gasteiger partial charge on any atom is 0.416 e. The number of halogens is 4. The van der Waals surface area contributed by atoms with Crippen LogP contribution in [0.15, 0.2) is 29.3 Å². The third-order valence-electron chi connectivity index (χ3n) is 3.41. The van der Waals surface area contributed by atoms with Gasteiger partial charge in [-0.15, -0.1) is 24.0 Å². The number of fused-ring (bicyclic) bond motifs is 1. The summed E-state index contributed by atoms with van der Waals surface area (Å²) in [5.74, 6) is 0.986. The molecule has 3 N–H and O–H groups in total. The van der Waals surface area contributed by atoms with Crippen LogP contribution in [0.5, 0.6) is 5.75 Å². The number of nitrogens with one attached hydrogen (secondary N) is 2. The van der Waals surface area contributed by atoms with Crippen LogP contribution in [0.1, 0.15) is 24.9 Å². The van der Waals surface area contributed by atoms with E-state index in [9.17, 15) is 13.2 Å². The van der Waals surface area contributed by atoms with E-state index >= 15 is 0 Å². The van der Waals surface area contributed by atoms with Crippen LogP contribution >= 0.6 is 24.0 Å². The van der Waals surface area contributed by atoms with Gasteiger partial charge in [-0.25, -0.2) is 0 Å². The topological polar surface area (TPSA) is 65.9 Å². The average molecular weight is 459 g/mol. The van der Waals surface area contributed by atoms with E-state index in [-0.39, 0.29) is 36.0 Å². The Kier molecular flexibility index (Phi) is 8.07. The Hall–Kier alpha value is -1.23. The monoisotopic (exact) mass is 459 g/mol. The maximum absolute atomic E-state index is 12.4. The van der Waals surface area contributed by atoms with E-state index in [2.05, 4.69) is 15.6 Å². The van der Waals surface area contributed by atoms with E-state index in [4.69, 9.17) is 9.84 Å². The van der Waals surface area contributed by atoms with Crippen molar-refractivity contribution in [3.05, 3.63) is 29.8 Å².